The molecule has 0 bridgehead atoms. The van der Waals surface area contributed by atoms with Crippen molar-refractivity contribution in [2.75, 3.05) is 9.80 Å². The van der Waals surface area contributed by atoms with Gasteiger partial charge in [-0.15, -0.1) is 0 Å². The minimum absolute atomic E-state index is 0.997. The summed E-state index contributed by atoms with van der Waals surface area (Å²) in [6.07, 6.45) is 5.34. The second-order valence-electron chi connectivity index (χ2n) is 18.0. The highest BCUT2D eigenvalue weighted by Gasteiger charge is 2.21. The van der Waals surface area contributed by atoms with Crippen LogP contribution in [0.4, 0.5) is 34.1 Å². The van der Waals surface area contributed by atoms with E-state index in [2.05, 4.69) is 278 Å². The molecule has 3 aromatic heterocycles. The van der Waals surface area contributed by atoms with Crippen LogP contribution in [0.5, 0.6) is 0 Å². The van der Waals surface area contributed by atoms with Crippen molar-refractivity contribution < 1.29 is 0 Å². The van der Waals surface area contributed by atoms with E-state index < -0.39 is 0 Å². The molecular formula is C65H46N6. The molecule has 0 saturated carbocycles. The van der Waals surface area contributed by atoms with Crippen molar-refractivity contribution in [3.8, 4) is 33.6 Å². The summed E-state index contributed by atoms with van der Waals surface area (Å²) in [5, 5.41) is 4.73. The highest BCUT2D eigenvalue weighted by atomic mass is 15.1. The molecule has 10 aromatic carbocycles. The van der Waals surface area contributed by atoms with E-state index in [9.17, 15) is 0 Å². The van der Waals surface area contributed by atoms with Gasteiger partial charge >= 0.3 is 0 Å². The fourth-order valence-electron chi connectivity index (χ4n) is 10.6. The number of nitrogens with zero attached hydrogens (tertiary/aromatic N) is 6. The average Bonchev–Trinajstić information content (AvgIpc) is 3.95. The number of anilines is 6. The van der Waals surface area contributed by atoms with Crippen LogP contribution in [0, 0.1) is 6.92 Å². The van der Waals surface area contributed by atoms with Gasteiger partial charge in [-0.1, -0.05) is 127 Å². The number of fused-ring (bicyclic) bond motifs is 6. The molecule has 336 valence electrons. The molecule has 6 heteroatoms. The number of hydrogen-bond donors (Lipinski definition) is 0. The number of benzene rings is 10. The molecule has 0 aliphatic heterocycles. The van der Waals surface area contributed by atoms with Gasteiger partial charge in [-0.25, -0.2) is 9.97 Å². The first kappa shape index (κ1) is 41.7. The Hall–Kier alpha value is -9.52. The summed E-state index contributed by atoms with van der Waals surface area (Å²) in [5.41, 5.74) is 18.8. The molecular weight excluding hydrogens is 865 g/mol. The number of rotatable bonds is 10. The summed E-state index contributed by atoms with van der Waals surface area (Å²) in [5.74, 6) is 0. The maximum Gasteiger partial charge on any atom is 0.115 e. The monoisotopic (exact) mass is 910 g/mol. The summed E-state index contributed by atoms with van der Waals surface area (Å²) in [6.45, 7) is 2.17. The van der Waals surface area contributed by atoms with Gasteiger partial charge in [0, 0.05) is 85.0 Å². The van der Waals surface area contributed by atoms with E-state index in [4.69, 9.17) is 0 Å². The Bertz CT molecular complexity index is 3760. The molecule has 0 fully saturated rings. The predicted octanol–water partition coefficient (Wildman–Crippen LogP) is 17.3. The lowest BCUT2D eigenvalue weighted by molar-refractivity contribution is 1.13. The third-order valence-electron chi connectivity index (χ3n) is 13.7. The summed E-state index contributed by atoms with van der Waals surface area (Å²) < 4.78 is 4.89. The van der Waals surface area contributed by atoms with Gasteiger partial charge in [0.05, 0.1) is 22.1 Å². The fraction of sp³-hybridized carbons (Fsp3) is 0.0154. The Kier molecular flexibility index (Phi) is 10.3. The molecule has 71 heavy (non-hydrogen) atoms. The van der Waals surface area contributed by atoms with Crippen LogP contribution in [0.3, 0.4) is 0 Å². The zero-order valence-corrected chi connectivity index (χ0v) is 39.0. The molecule has 0 aliphatic carbocycles. The smallest absolute Gasteiger partial charge is 0.115 e. The van der Waals surface area contributed by atoms with Crippen molar-refractivity contribution in [1.82, 2.24) is 19.1 Å². The third-order valence-corrected chi connectivity index (χ3v) is 13.7. The average molecular weight is 911 g/mol. The van der Waals surface area contributed by atoms with Gasteiger partial charge in [-0.2, -0.15) is 0 Å². The Morgan fingerprint density at radius 2 is 0.718 bits per heavy atom. The van der Waals surface area contributed by atoms with Crippen LogP contribution in [-0.4, -0.2) is 19.1 Å². The van der Waals surface area contributed by atoms with Crippen LogP contribution in [0.2, 0.25) is 0 Å². The predicted molar refractivity (Wildman–Crippen MR) is 296 cm³/mol. The first-order chi connectivity index (χ1) is 35.1. The number of aromatic nitrogens is 4. The molecule has 13 aromatic rings. The van der Waals surface area contributed by atoms with Gasteiger partial charge < -0.3 is 18.9 Å². The minimum Gasteiger partial charge on any atom is -0.310 e. The van der Waals surface area contributed by atoms with Crippen molar-refractivity contribution in [1.29, 1.82) is 0 Å². The molecule has 0 amide bonds. The molecule has 3 heterocycles. The first-order valence-electron chi connectivity index (χ1n) is 24.0. The van der Waals surface area contributed by atoms with Crippen LogP contribution in [0.25, 0.3) is 77.2 Å². The molecule has 0 atom stereocenters. The van der Waals surface area contributed by atoms with E-state index in [1.54, 1.807) is 6.33 Å². The van der Waals surface area contributed by atoms with Gasteiger partial charge in [0.25, 0.3) is 0 Å². The minimum atomic E-state index is 0.997. The lowest BCUT2D eigenvalue weighted by Crippen LogP contribution is -2.09. The van der Waals surface area contributed by atoms with E-state index >= 15 is 0 Å². The zero-order valence-electron chi connectivity index (χ0n) is 39.0. The van der Waals surface area contributed by atoms with Gasteiger partial charge in [0.15, 0.2) is 0 Å². The van der Waals surface area contributed by atoms with Gasteiger partial charge in [0.2, 0.25) is 0 Å². The molecule has 13 rings (SSSR count). The van der Waals surface area contributed by atoms with Crippen LogP contribution >= 0.6 is 0 Å². The highest BCUT2D eigenvalue weighted by Crippen LogP contribution is 2.43. The maximum absolute atomic E-state index is 4.33. The van der Waals surface area contributed by atoms with Crippen molar-refractivity contribution in [3.63, 3.8) is 0 Å². The second-order valence-corrected chi connectivity index (χ2v) is 18.0. The molecule has 0 aliphatic rings. The van der Waals surface area contributed by atoms with Crippen molar-refractivity contribution in [3.05, 3.63) is 267 Å². The number of aryl methyl sites for hydroxylation is 1. The Morgan fingerprint density at radius 1 is 0.310 bits per heavy atom. The Balaban J connectivity index is 1.04. The molecule has 0 radical (unpaired) electrons. The summed E-state index contributed by atoms with van der Waals surface area (Å²) >= 11 is 0. The first-order valence-corrected chi connectivity index (χ1v) is 24.0. The van der Waals surface area contributed by atoms with E-state index in [0.717, 1.165) is 95.4 Å². The van der Waals surface area contributed by atoms with Crippen LogP contribution in [0.1, 0.15) is 5.56 Å². The van der Waals surface area contributed by atoms with Gasteiger partial charge in [0.1, 0.15) is 6.33 Å². The maximum atomic E-state index is 4.33. The summed E-state index contributed by atoms with van der Waals surface area (Å²) in [4.78, 5) is 13.3. The Labute approximate surface area is 412 Å². The van der Waals surface area contributed by atoms with Crippen LogP contribution in [0.15, 0.2) is 261 Å². The molecule has 6 nitrogen and oxygen atoms in total. The van der Waals surface area contributed by atoms with Crippen LogP contribution < -0.4 is 9.80 Å². The molecule has 0 saturated heterocycles. The topological polar surface area (TPSA) is 42.1 Å². The van der Waals surface area contributed by atoms with E-state index in [0.29, 0.717) is 0 Å². The fourth-order valence-corrected chi connectivity index (χ4v) is 10.6. The summed E-state index contributed by atoms with van der Waals surface area (Å²) in [6, 6.07) is 87.7. The quantitative estimate of drug-likeness (QED) is 0.137. The van der Waals surface area contributed by atoms with Crippen LogP contribution in [-0.2, 0) is 0 Å². The van der Waals surface area contributed by atoms with Crippen molar-refractivity contribution in [2.24, 2.45) is 0 Å². The standard InChI is InChI=1S/C65H46N6/c1-45-36-46(30-33-57(45)48-42-66-44-67-43-48)47-37-55(70-62-28-16-14-26-58(62)60-40-53(31-34-64(60)70)68(49-18-6-2-7-19-49)50-20-8-3-9-21-50)39-56(38-47)71-63-29-17-15-27-59(63)61-41-54(32-35-65(61)71)69(51-22-10-4-11-23-51)52-24-12-5-13-25-52/h2-44H,1H3. The van der Waals surface area contributed by atoms with Gasteiger partial charge in [-0.05, 0) is 144 Å². The summed E-state index contributed by atoms with van der Waals surface area (Å²) in [7, 11) is 0. The second kappa shape index (κ2) is 17.5. The lowest BCUT2D eigenvalue weighted by Gasteiger charge is -2.25. The largest absolute Gasteiger partial charge is 0.310 e. The van der Waals surface area contributed by atoms with E-state index in [1.165, 1.54) is 21.5 Å². The number of para-hydroxylation sites is 6. The van der Waals surface area contributed by atoms with Crippen molar-refractivity contribution >= 4 is 77.7 Å². The third kappa shape index (κ3) is 7.37. The van der Waals surface area contributed by atoms with Crippen molar-refractivity contribution in [2.45, 2.75) is 6.92 Å². The highest BCUT2D eigenvalue weighted by molar-refractivity contribution is 6.12. The number of hydrogen-bond acceptors (Lipinski definition) is 4. The lowest BCUT2D eigenvalue weighted by atomic mass is 9.96. The Morgan fingerprint density at radius 3 is 1.15 bits per heavy atom. The molecule has 0 spiro atoms. The zero-order chi connectivity index (χ0) is 47.3. The SMILES string of the molecule is Cc1cc(-c2cc(-n3c4ccccc4c4cc(N(c5ccccc5)c5ccccc5)ccc43)cc(-n3c4ccccc4c4cc(N(c5ccccc5)c5ccccc5)ccc43)c2)ccc1-c1cncnc1. The van der Waals surface area contributed by atoms with E-state index in [-0.39, 0.29) is 0 Å². The van der Waals surface area contributed by atoms with E-state index in [1.807, 2.05) is 12.4 Å². The molecule has 0 N–H and O–H groups in total. The van der Waals surface area contributed by atoms with Gasteiger partial charge in [-0.3, -0.25) is 0 Å². The normalized spacial score (nSPS) is 11.5. The molecule has 0 unspecified atom stereocenters.